The van der Waals surface area contributed by atoms with Crippen LogP contribution in [0.1, 0.15) is 22.3 Å². The number of benzene rings is 2. The Morgan fingerprint density at radius 2 is 1.81 bits per heavy atom. The number of aryl methyl sites for hydroxylation is 2. The minimum atomic E-state index is 0.416. The molecule has 21 heavy (non-hydrogen) atoms. The number of rotatable bonds is 4. The maximum absolute atomic E-state index is 9.09. The SMILES string of the molecule is COc1ccc(COc2cc(C)c(Br)c(C)c2)cc1C#N. The summed E-state index contributed by atoms with van der Waals surface area (Å²) in [7, 11) is 1.56. The van der Waals surface area contributed by atoms with Gasteiger partial charge in [-0.05, 0) is 54.8 Å². The van der Waals surface area contributed by atoms with Crippen molar-refractivity contribution in [2.45, 2.75) is 20.5 Å². The van der Waals surface area contributed by atoms with Gasteiger partial charge in [-0.2, -0.15) is 5.26 Å². The van der Waals surface area contributed by atoms with Crippen molar-refractivity contribution in [1.82, 2.24) is 0 Å². The van der Waals surface area contributed by atoms with Crippen LogP contribution in [0.5, 0.6) is 11.5 Å². The summed E-state index contributed by atoms with van der Waals surface area (Å²) in [6.07, 6.45) is 0. The van der Waals surface area contributed by atoms with E-state index in [1.807, 2.05) is 32.0 Å². The summed E-state index contributed by atoms with van der Waals surface area (Å²) in [5.74, 6) is 1.40. The topological polar surface area (TPSA) is 42.2 Å². The van der Waals surface area contributed by atoms with Crippen LogP contribution in [0.15, 0.2) is 34.8 Å². The third-order valence-corrected chi connectivity index (χ3v) is 4.45. The van der Waals surface area contributed by atoms with Crippen LogP contribution in [-0.4, -0.2) is 7.11 Å². The Hall–Kier alpha value is -1.99. The second-order valence-electron chi connectivity index (χ2n) is 4.81. The summed E-state index contributed by atoms with van der Waals surface area (Å²) < 4.78 is 12.0. The van der Waals surface area contributed by atoms with Crippen LogP contribution in [0.25, 0.3) is 0 Å². The quantitative estimate of drug-likeness (QED) is 0.817. The molecule has 0 amide bonds. The Morgan fingerprint density at radius 3 is 2.38 bits per heavy atom. The van der Waals surface area contributed by atoms with Crippen molar-refractivity contribution in [2.75, 3.05) is 7.11 Å². The fourth-order valence-corrected chi connectivity index (χ4v) is 2.32. The highest BCUT2D eigenvalue weighted by molar-refractivity contribution is 9.10. The van der Waals surface area contributed by atoms with Crippen molar-refractivity contribution in [2.24, 2.45) is 0 Å². The smallest absolute Gasteiger partial charge is 0.136 e. The van der Waals surface area contributed by atoms with E-state index in [0.29, 0.717) is 17.9 Å². The van der Waals surface area contributed by atoms with Crippen LogP contribution >= 0.6 is 15.9 Å². The molecule has 0 aliphatic rings. The maximum atomic E-state index is 9.09. The molecule has 0 unspecified atom stereocenters. The molecule has 0 aliphatic heterocycles. The normalized spacial score (nSPS) is 10.0. The Kier molecular flexibility index (Phi) is 4.87. The largest absolute Gasteiger partial charge is 0.495 e. The lowest BCUT2D eigenvalue weighted by atomic mass is 10.1. The zero-order valence-corrected chi connectivity index (χ0v) is 13.8. The number of nitriles is 1. The predicted octanol–water partition coefficient (Wildman–Crippen LogP) is 4.53. The highest BCUT2D eigenvalue weighted by Gasteiger charge is 2.06. The molecular formula is C17H16BrNO2. The third kappa shape index (κ3) is 3.56. The summed E-state index contributed by atoms with van der Waals surface area (Å²) in [6, 6.07) is 11.6. The van der Waals surface area contributed by atoms with Gasteiger partial charge in [0.2, 0.25) is 0 Å². The average Bonchev–Trinajstić information content (AvgIpc) is 2.50. The second-order valence-corrected chi connectivity index (χ2v) is 5.60. The van der Waals surface area contributed by atoms with E-state index in [1.54, 1.807) is 19.2 Å². The molecule has 2 rings (SSSR count). The molecular weight excluding hydrogens is 330 g/mol. The van der Waals surface area contributed by atoms with E-state index in [9.17, 15) is 0 Å². The van der Waals surface area contributed by atoms with Crippen molar-refractivity contribution < 1.29 is 9.47 Å². The van der Waals surface area contributed by atoms with Crippen LogP contribution in [0, 0.1) is 25.2 Å². The van der Waals surface area contributed by atoms with Gasteiger partial charge in [0.1, 0.15) is 24.2 Å². The van der Waals surface area contributed by atoms with Crippen LogP contribution in [0.3, 0.4) is 0 Å². The predicted molar refractivity (Wildman–Crippen MR) is 85.7 cm³/mol. The van der Waals surface area contributed by atoms with Gasteiger partial charge in [-0.3, -0.25) is 0 Å². The highest BCUT2D eigenvalue weighted by Crippen LogP contribution is 2.27. The van der Waals surface area contributed by atoms with Gasteiger partial charge in [-0.15, -0.1) is 0 Å². The summed E-state index contributed by atoms with van der Waals surface area (Å²) in [6.45, 7) is 4.48. The Bertz CT molecular complexity index is 681. The van der Waals surface area contributed by atoms with Gasteiger partial charge in [0, 0.05) is 4.47 Å². The molecule has 2 aromatic rings. The first kappa shape index (κ1) is 15.4. The Labute approximate surface area is 133 Å². The summed E-state index contributed by atoms with van der Waals surface area (Å²) in [5.41, 5.74) is 3.72. The lowest BCUT2D eigenvalue weighted by molar-refractivity contribution is 0.305. The molecule has 0 heterocycles. The first-order valence-corrected chi connectivity index (χ1v) is 7.31. The van der Waals surface area contributed by atoms with Crippen LogP contribution in [0.2, 0.25) is 0 Å². The van der Waals surface area contributed by atoms with E-state index in [4.69, 9.17) is 14.7 Å². The molecule has 0 bridgehead atoms. The van der Waals surface area contributed by atoms with Gasteiger partial charge in [-0.1, -0.05) is 22.0 Å². The van der Waals surface area contributed by atoms with Crippen molar-refractivity contribution >= 4 is 15.9 Å². The lowest BCUT2D eigenvalue weighted by Crippen LogP contribution is -1.98. The number of halogens is 1. The van der Waals surface area contributed by atoms with E-state index in [-0.39, 0.29) is 0 Å². The molecule has 0 radical (unpaired) electrons. The zero-order valence-electron chi connectivity index (χ0n) is 12.2. The molecule has 0 atom stereocenters. The van der Waals surface area contributed by atoms with Crippen molar-refractivity contribution in [3.8, 4) is 17.6 Å². The van der Waals surface area contributed by atoms with Crippen molar-refractivity contribution in [1.29, 1.82) is 5.26 Å². The van der Waals surface area contributed by atoms with E-state index in [2.05, 4.69) is 22.0 Å². The van der Waals surface area contributed by atoms with Gasteiger partial charge in [0.05, 0.1) is 12.7 Å². The summed E-state index contributed by atoms with van der Waals surface area (Å²) >= 11 is 3.54. The minimum Gasteiger partial charge on any atom is -0.495 e. The number of hydrogen-bond acceptors (Lipinski definition) is 3. The maximum Gasteiger partial charge on any atom is 0.136 e. The average molecular weight is 346 g/mol. The monoisotopic (exact) mass is 345 g/mol. The van der Waals surface area contributed by atoms with Gasteiger partial charge in [0.15, 0.2) is 0 Å². The van der Waals surface area contributed by atoms with Crippen LogP contribution < -0.4 is 9.47 Å². The lowest BCUT2D eigenvalue weighted by Gasteiger charge is -2.11. The second kappa shape index (κ2) is 6.64. The Balaban J connectivity index is 2.15. The van der Waals surface area contributed by atoms with Crippen LogP contribution in [-0.2, 0) is 6.61 Å². The van der Waals surface area contributed by atoms with E-state index in [1.165, 1.54) is 0 Å². The highest BCUT2D eigenvalue weighted by atomic mass is 79.9. The molecule has 0 saturated heterocycles. The minimum absolute atomic E-state index is 0.416. The van der Waals surface area contributed by atoms with Crippen LogP contribution in [0.4, 0.5) is 0 Å². The molecule has 2 aromatic carbocycles. The van der Waals surface area contributed by atoms with Gasteiger partial charge in [0.25, 0.3) is 0 Å². The van der Waals surface area contributed by atoms with Crippen molar-refractivity contribution in [3.63, 3.8) is 0 Å². The van der Waals surface area contributed by atoms with Gasteiger partial charge in [-0.25, -0.2) is 0 Å². The van der Waals surface area contributed by atoms with E-state index >= 15 is 0 Å². The Morgan fingerprint density at radius 1 is 1.14 bits per heavy atom. The zero-order chi connectivity index (χ0) is 15.4. The van der Waals surface area contributed by atoms with E-state index < -0.39 is 0 Å². The third-order valence-electron chi connectivity index (χ3n) is 3.20. The standard InChI is InChI=1S/C17H16BrNO2/c1-11-6-15(7-12(2)17(11)18)21-10-13-4-5-16(20-3)14(8-13)9-19/h4-8H,10H2,1-3H3. The van der Waals surface area contributed by atoms with Gasteiger partial charge >= 0.3 is 0 Å². The number of ether oxygens (including phenoxy) is 2. The molecule has 4 heteroatoms. The summed E-state index contributed by atoms with van der Waals surface area (Å²) in [4.78, 5) is 0. The molecule has 0 aliphatic carbocycles. The molecule has 3 nitrogen and oxygen atoms in total. The van der Waals surface area contributed by atoms with Crippen molar-refractivity contribution in [3.05, 3.63) is 57.1 Å². The van der Waals surface area contributed by atoms with E-state index in [0.717, 1.165) is 26.9 Å². The first-order valence-electron chi connectivity index (χ1n) is 6.51. The molecule has 0 saturated carbocycles. The molecule has 108 valence electrons. The molecule has 0 fully saturated rings. The number of nitrogens with zero attached hydrogens (tertiary/aromatic N) is 1. The molecule has 0 spiro atoms. The number of methoxy groups -OCH3 is 1. The fraction of sp³-hybridized carbons (Fsp3) is 0.235. The number of hydrogen-bond donors (Lipinski definition) is 0. The fourth-order valence-electron chi connectivity index (χ4n) is 2.09. The first-order chi connectivity index (χ1) is 10.0. The molecule has 0 aromatic heterocycles. The van der Waals surface area contributed by atoms with Gasteiger partial charge < -0.3 is 9.47 Å². The summed E-state index contributed by atoms with van der Waals surface area (Å²) in [5, 5.41) is 9.09. The molecule has 0 N–H and O–H groups in total.